The van der Waals surface area contributed by atoms with Crippen LogP contribution in [0.15, 0.2) is 60.7 Å². The molecule has 0 saturated heterocycles. The standard InChI is InChI=1S/C25H23F3N2O/c1-2-3-5-16-10-13-19-22(14-16)30(21-7-4-6-20(23(19)21)24(29)31)15-17-8-11-18(12-9-17)25(26,27)28/h4,6-14H,2-3,5,15H2,1H3,(H2,29,31). The molecule has 4 aromatic rings. The number of primary amides is 1. The number of aromatic nitrogens is 1. The van der Waals surface area contributed by atoms with E-state index >= 15 is 0 Å². The molecule has 1 amide bonds. The summed E-state index contributed by atoms with van der Waals surface area (Å²) >= 11 is 0. The summed E-state index contributed by atoms with van der Waals surface area (Å²) < 4.78 is 40.8. The lowest BCUT2D eigenvalue weighted by atomic mass is 10.0. The molecule has 31 heavy (non-hydrogen) atoms. The summed E-state index contributed by atoms with van der Waals surface area (Å²) in [5, 5.41) is 1.69. The van der Waals surface area contributed by atoms with Gasteiger partial charge in [-0.05, 0) is 54.3 Å². The van der Waals surface area contributed by atoms with Crippen LogP contribution >= 0.6 is 0 Å². The number of carbonyl (C=O) groups is 1. The summed E-state index contributed by atoms with van der Waals surface area (Å²) in [6.45, 7) is 2.52. The van der Waals surface area contributed by atoms with Crippen LogP contribution in [0.4, 0.5) is 13.2 Å². The Labute approximate surface area is 178 Å². The highest BCUT2D eigenvalue weighted by molar-refractivity contribution is 6.18. The number of hydrogen-bond donors (Lipinski definition) is 1. The van der Waals surface area contributed by atoms with Gasteiger partial charge in [0.05, 0.1) is 11.1 Å². The lowest BCUT2D eigenvalue weighted by Crippen LogP contribution is -2.11. The Kier molecular flexibility index (Phi) is 5.48. The molecular weight excluding hydrogens is 401 g/mol. The van der Waals surface area contributed by atoms with Gasteiger partial charge in [0, 0.05) is 28.4 Å². The van der Waals surface area contributed by atoms with Crippen molar-refractivity contribution in [1.29, 1.82) is 0 Å². The van der Waals surface area contributed by atoms with Crippen LogP contribution < -0.4 is 5.73 Å². The minimum absolute atomic E-state index is 0.386. The quantitative estimate of drug-likeness (QED) is 0.388. The molecule has 0 aliphatic heterocycles. The second-order valence-electron chi connectivity index (χ2n) is 7.80. The van der Waals surface area contributed by atoms with Crippen molar-refractivity contribution in [3.05, 3.63) is 82.9 Å². The summed E-state index contributed by atoms with van der Waals surface area (Å²) in [6.07, 6.45) is -1.28. The number of nitrogens with zero attached hydrogens (tertiary/aromatic N) is 1. The van der Waals surface area contributed by atoms with E-state index in [1.165, 1.54) is 17.7 Å². The topological polar surface area (TPSA) is 48.0 Å². The van der Waals surface area contributed by atoms with Gasteiger partial charge >= 0.3 is 6.18 Å². The van der Waals surface area contributed by atoms with E-state index in [4.69, 9.17) is 5.73 Å². The average Bonchev–Trinajstić information content (AvgIpc) is 3.05. The van der Waals surface area contributed by atoms with Gasteiger partial charge in [-0.15, -0.1) is 0 Å². The van der Waals surface area contributed by atoms with E-state index in [-0.39, 0.29) is 0 Å². The summed E-state index contributed by atoms with van der Waals surface area (Å²) in [6, 6.07) is 16.8. The smallest absolute Gasteiger partial charge is 0.366 e. The van der Waals surface area contributed by atoms with Gasteiger partial charge in [-0.1, -0.05) is 43.7 Å². The molecule has 3 aromatic carbocycles. The van der Waals surface area contributed by atoms with Crippen LogP contribution in [0.1, 0.15) is 46.8 Å². The molecule has 0 saturated carbocycles. The van der Waals surface area contributed by atoms with Crippen LogP contribution in [0.5, 0.6) is 0 Å². The van der Waals surface area contributed by atoms with Crippen molar-refractivity contribution in [2.24, 2.45) is 5.73 Å². The first-order chi connectivity index (χ1) is 14.8. The van der Waals surface area contributed by atoms with E-state index in [2.05, 4.69) is 23.6 Å². The van der Waals surface area contributed by atoms with Crippen LogP contribution in [0.3, 0.4) is 0 Å². The Morgan fingerprint density at radius 3 is 2.32 bits per heavy atom. The van der Waals surface area contributed by atoms with E-state index in [1.54, 1.807) is 12.1 Å². The first-order valence-electron chi connectivity index (χ1n) is 10.3. The summed E-state index contributed by atoms with van der Waals surface area (Å²) in [5.74, 6) is -0.505. The molecule has 0 unspecified atom stereocenters. The first-order valence-corrected chi connectivity index (χ1v) is 10.3. The zero-order valence-electron chi connectivity index (χ0n) is 17.2. The van der Waals surface area contributed by atoms with E-state index in [1.807, 2.05) is 12.1 Å². The summed E-state index contributed by atoms with van der Waals surface area (Å²) in [7, 11) is 0. The van der Waals surface area contributed by atoms with Gasteiger partial charge in [-0.3, -0.25) is 4.79 Å². The molecule has 0 radical (unpaired) electrons. The highest BCUT2D eigenvalue weighted by Gasteiger charge is 2.30. The van der Waals surface area contributed by atoms with Gasteiger partial charge < -0.3 is 10.3 Å². The SMILES string of the molecule is CCCCc1ccc2c3c(C(N)=O)cccc3n(Cc3ccc(C(F)(F)F)cc3)c2c1. The van der Waals surface area contributed by atoms with E-state index in [0.29, 0.717) is 12.1 Å². The zero-order valence-corrected chi connectivity index (χ0v) is 17.2. The van der Waals surface area contributed by atoms with Crippen LogP contribution in [0, 0.1) is 0 Å². The fourth-order valence-corrected chi connectivity index (χ4v) is 4.08. The highest BCUT2D eigenvalue weighted by atomic mass is 19.4. The molecular formula is C25H23F3N2O. The van der Waals surface area contributed by atoms with Crippen molar-refractivity contribution < 1.29 is 18.0 Å². The summed E-state index contributed by atoms with van der Waals surface area (Å²) in [5.41, 5.74) is 9.11. The van der Waals surface area contributed by atoms with Crippen molar-refractivity contribution in [3.63, 3.8) is 0 Å². The van der Waals surface area contributed by atoms with Gasteiger partial charge in [-0.2, -0.15) is 13.2 Å². The number of halogens is 3. The number of alkyl halides is 3. The second kappa shape index (κ2) is 8.10. The van der Waals surface area contributed by atoms with Crippen LogP contribution in [0.2, 0.25) is 0 Å². The number of benzene rings is 3. The van der Waals surface area contributed by atoms with Gasteiger partial charge in [0.2, 0.25) is 5.91 Å². The average molecular weight is 424 g/mol. The fourth-order valence-electron chi connectivity index (χ4n) is 4.08. The lowest BCUT2D eigenvalue weighted by molar-refractivity contribution is -0.137. The van der Waals surface area contributed by atoms with E-state index in [9.17, 15) is 18.0 Å². The molecule has 0 spiro atoms. The molecule has 1 aromatic heterocycles. The number of amides is 1. The Hall–Kier alpha value is -3.28. The normalized spacial score (nSPS) is 12.0. The molecule has 2 N–H and O–H groups in total. The minimum Gasteiger partial charge on any atom is -0.366 e. The monoisotopic (exact) mass is 424 g/mol. The second-order valence-corrected chi connectivity index (χ2v) is 7.80. The number of carbonyl (C=O) groups excluding carboxylic acids is 1. The van der Waals surface area contributed by atoms with Crippen molar-refractivity contribution in [1.82, 2.24) is 4.57 Å². The van der Waals surface area contributed by atoms with E-state index in [0.717, 1.165) is 58.8 Å². The molecule has 0 atom stereocenters. The maximum atomic E-state index is 12.9. The molecule has 0 aliphatic rings. The predicted molar refractivity (Wildman–Crippen MR) is 117 cm³/mol. The first kappa shape index (κ1) is 21.0. The van der Waals surface area contributed by atoms with Crippen molar-refractivity contribution >= 4 is 27.7 Å². The molecule has 3 nitrogen and oxygen atoms in total. The molecule has 160 valence electrons. The Bertz CT molecular complexity index is 1250. The number of unbranched alkanes of at least 4 members (excludes halogenated alkanes) is 1. The Morgan fingerprint density at radius 1 is 0.968 bits per heavy atom. The predicted octanol–water partition coefficient (Wildman–Crippen LogP) is 6.30. The third-order valence-corrected chi connectivity index (χ3v) is 5.66. The van der Waals surface area contributed by atoms with Crippen LogP contribution in [0.25, 0.3) is 21.8 Å². The van der Waals surface area contributed by atoms with Crippen LogP contribution in [-0.4, -0.2) is 10.5 Å². The molecule has 0 bridgehead atoms. The van der Waals surface area contributed by atoms with Crippen molar-refractivity contribution in [2.45, 2.75) is 38.9 Å². The number of fused-ring (bicyclic) bond motifs is 3. The summed E-state index contributed by atoms with van der Waals surface area (Å²) in [4.78, 5) is 12.1. The Balaban J connectivity index is 1.88. The minimum atomic E-state index is -4.37. The number of rotatable bonds is 6. The molecule has 6 heteroatoms. The van der Waals surface area contributed by atoms with Crippen molar-refractivity contribution in [3.8, 4) is 0 Å². The molecule has 0 fully saturated rings. The number of hydrogen-bond acceptors (Lipinski definition) is 1. The van der Waals surface area contributed by atoms with Gasteiger partial charge in [0.25, 0.3) is 0 Å². The maximum absolute atomic E-state index is 12.9. The fraction of sp³-hybridized carbons (Fsp3) is 0.240. The Morgan fingerprint density at radius 2 is 1.68 bits per heavy atom. The van der Waals surface area contributed by atoms with Crippen molar-refractivity contribution in [2.75, 3.05) is 0 Å². The lowest BCUT2D eigenvalue weighted by Gasteiger charge is -2.11. The highest BCUT2D eigenvalue weighted by Crippen LogP contribution is 2.34. The number of nitrogens with two attached hydrogens (primary N) is 1. The molecule has 0 aliphatic carbocycles. The molecule has 4 rings (SSSR count). The van der Waals surface area contributed by atoms with Gasteiger partial charge in [0.15, 0.2) is 0 Å². The molecule has 1 heterocycles. The van der Waals surface area contributed by atoms with Crippen LogP contribution in [-0.2, 0) is 19.1 Å². The third-order valence-electron chi connectivity index (χ3n) is 5.66. The van der Waals surface area contributed by atoms with Gasteiger partial charge in [-0.25, -0.2) is 0 Å². The largest absolute Gasteiger partial charge is 0.416 e. The zero-order chi connectivity index (χ0) is 22.2. The van der Waals surface area contributed by atoms with E-state index < -0.39 is 17.6 Å². The third kappa shape index (κ3) is 4.02. The van der Waals surface area contributed by atoms with Gasteiger partial charge in [0.1, 0.15) is 0 Å². The number of aryl methyl sites for hydroxylation is 1. The maximum Gasteiger partial charge on any atom is 0.416 e.